The molecule has 0 saturated carbocycles. The summed E-state index contributed by atoms with van der Waals surface area (Å²) in [6.45, 7) is -0.169. The number of aliphatic hydroxyl groups excluding tert-OH is 1. The fourth-order valence-corrected chi connectivity index (χ4v) is 3.80. The Morgan fingerprint density at radius 3 is 3.08 bits per heavy atom. The highest BCUT2D eigenvalue weighted by atomic mass is 31.2. The van der Waals surface area contributed by atoms with E-state index in [4.69, 9.17) is 24.4 Å². The van der Waals surface area contributed by atoms with E-state index >= 15 is 0 Å². The molecule has 0 amide bonds. The van der Waals surface area contributed by atoms with Crippen LogP contribution >= 0.6 is 7.82 Å². The summed E-state index contributed by atoms with van der Waals surface area (Å²) in [5.41, 5.74) is 6.65. The molecule has 5 atom stereocenters. The zero-order chi connectivity index (χ0) is 17.1. The minimum Gasteiger partial charge on any atom is -0.386 e. The fourth-order valence-electron chi connectivity index (χ4n) is 2.83. The van der Waals surface area contributed by atoms with Gasteiger partial charge in [-0.25, -0.2) is 9.55 Å². The van der Waals surface area contributed by atoms with E-state index in [1.165, 1.54) is 29.1 Å². The first-order valence-corrected chi connectivity index (χ1v) is 8.47. The fraction of sp³-hybridized carbons (Fsp3) is 0.545. The third-order valence-electron chi connectivity index (χ3n) is 3.97. The number of fused-ring (bicyclic) bond motifs is 2. The van der Waals surface area contributed by atoms with Gasteiger partial charge in [0.2, 0.25) is 11.2 Å². The summed E-state index contributed by atoms with van der Waals surface area (Å²) < 4.78 is 29.6. The Balaban J connectivity index is 1.71. The Morgan fingerprint density at radius 2 is 2.33 bits per heavy atom. The lowest BCUT2D eigenvalue weighted by Gasteiger charge is -2.27. The molecule has 0 bridgehead atoms. The van der Waals surface area contributed by atoms with Gasteiger partial charge in [-0.2, -0.15) is 0 Å². The lowest BCUT2D eigenvalue weighted by Crippen LogP contribution is -2.43. The van der Waals surface area contributed by atoms with Gasteiger partial charge >= 0.3 is 7.82 Å². The molecule has 2 saturated heterocycles. The molecule has 4 rings (SSSR count). The average molecular weight is 360 g/mol. The maximum atomic E-state index is 11.5. The Kier molecular flexibility index (Phi) is 3.49. The summed E-state index contributed by atoms with van der Waals surface area (Å²) in [6.07, 6.45) is -1.07. The molecule has 2 aliphatic rings. The highest BCUT2D eigenvalue weighted by Crippen LogP contribution is 2.52. The van der Waals surface area contributed by atoms with Gasteiger partial charge in [-0.3, -0.25) is 13.6 Å². The molecule has 2 aliphatic heterocycles. The molecule has 13 heteroatoms. The average Bonchev–Trinajstić information content (AvgIpc) is 3.09. The maximum absolute atomic E-state index is 11.5. The number of hydrogen-bond donors (Lipinski definition) is 3. The lowest BCUT2D eigenvalue weighted by atomic mass is 10.1. The van der Waals surface area contributed by atoms with Crippen molar-refractivity contribution in [3.8, 4) is 0 Å². The van der Waals surface area contributed by atoms with Crippen LogP contribution in [0, 0.1) is 0 Å². The van der Waals surface area contributed by atoms with Crippen molar-refractivity contribution in [3.63, 3.8) is 0 Å². The number of imidazole rings is 1. The molecule has 130 valence electrons. The van der Waals surface area contributed by atoms with Crippen LogP contribution in [0.3, 0.4) is 0 Å². The van der Waals surface area contributed by atoms with Crippen LogP contribution in [-0.4, -0.2) is 56.6 Å². The van der Waals surface area contributed by atoms with Gasteiger partial charge < -0.3 is 25.3 Å². The van der Waals surface area contributed by atoms with Crippen LogP contribution in [0.2, 0.25) is 0 Å². The molecule has 4 heterocycles. The highest BCUT2D eigenvalue weighted by molar-refractivity contribution is 7.47. The van der Waals surface area contributed by atoms with E-state index in [1.807, 2.05) is 0 Å². The number of hydrogen-bond acceptors (Lipinski definition) is 9. The molecular formula is C11H15N5O7P+. The van der Waals surface area contributed by atoms with Crippen LogP contribution in [0.15, 0.2) is 12.7 Å². The minimum absolute atomic E-state index is 0.169. The zero-order valence-corrected chi connectivity index (χ0v) is 13.3. The van der Waals surface area contributed by atoms with Gasteiger partial charge in [0, 0.05) is 0 Å². The summed E-state index contributed by atoms with van der Waals surface area (Å²) >= 11 is 0. The van der Waals surface area contributed by atoms with Crippen molar-refractivity contribution in [1.29, 1.82) is 0 Å². The molecule has 0 spiro atoms. The van der Waals surface area contributed by atoms with Crippen molar-refractivity contribution >= 4 is 24.8 Å². The number of aromatic nitrogens is 4. The molecule has 0 aromatic carbocycles. The third-order valence-corrected chi connectivity index (χ3v) is 4.95. The lowest BCUT2D eigenvalue weighted by molar-refractivity contribution is -0.875. The van der Waals surface area contributed by atoms with Crippen molar-refractivity contribution in [2.45, 2.75) is 24.5 Å². The normalized spacial score (nSPS) is 36.0. The number of ether oxygens (including phenoxy) is 1. The van der Waals surface area contributed by atoms with Gasteiger partial charge in [0.25, 0.3) is 12.1 Å². The Hall–Kier alpha value is -1.82. The van der Waals surface area contributed by atoms with Crippen LogP contribution in [0.25, 0.3) is 11.2 Å². The van der Waals surface area contributed by atoms with Gasteiger partial charge in [-0.1, -0.05) is 9.71 Å². The van der Waals surface area contributed by atoms with Crippen LogP contribution in [0.1, 0.15) is 6.23 Å². The topological polar surface area (TPSA) is 155 Å². The first-order chi connectivity index (χ1) is 11.4. The van der Waals surface area contributed by atoms with Crippen molar-refractivity contribution in [2.24, 2.45) is 0 Å². The molecule has 4 N–H and O–H groups in total. The summed E-state index contributed by atoms with van der Waals surface area (Å²) in [7, 11) is -2.75. The van der Waals surface area contributed by atoms with Crippen LogP contribution in [-0.2, 0) is 18.3 Å². The number of phosphoric acid groups is 1. The predicted molar refractivity (Wildman–Crippen MR) is 75.2 cm³/mol. The van der Waals surface area contributed by atoms with Gasteiger partial charge in [-0.05, 0) is 0 Å². The van der Waals surface area contributed by atoms with Crippen molar-refractivity contribution in [3.05, 3.63) is 12.7 Å². The van der Waals surface area contributed by atoms with Crippen molar-refractivity contribution < 1.29 is 37.9 Å². The second-order valence-electron chi connectivity index (χ2n) is 5.35. The summed E-state index contributed by atoms with van der Waals surface area (Å²) in [4.78, 5) is 22.8. The number of nitrogens with two attached hydrogens (primary N) is 1. The number of nitrogen functional groups attached to an aromatic ring is 1. The van der Waals surface area contributed by atoms with Gasteiger partial charge in [-0.15, -0.1) is 0 Å². The van der Waals surface area contributed by atoms with Crippen LogP contribution in [0.4, 0.5) is 5.82 Å². The molecule has 2 aromatic heterocycles. The molecular weight excluding hydrogens is 345 g/mol. The quantitative estimate of drug-likeness (QED) is 0.410. The van der Waals surface area contributed by atoms with Crippen LogP contribution in [0.5, 0.6) is 0 Å². The number of rotatable bonds is 2. The monoisotopic (exact) mass is 360 g/mol. The van der Waals surface area contributed by atoms with E-state index in [0.717, 1.165) is 0 Å². The number of phosphoric ester groups is 1. The summed E-state index contributed by atoms with van der Waals surface area (Å²) in [6, 6.07) is 0. The van der Waals surface area contributed by atoms with Crippen molar-refractivity contribution in [2.75, 3.05) is 19.5 Å². The first-order valence-electron chi connectivity index (χ1n) is 6.97. The van der Waals surface area contributed by atoms with Gasteiger partial charge in [0.1, 0.15) is 31.7 Å². The third kappa shape index (κ3) is 2.27. The molecule has 0 radical (unpaired) electrons. The SMILES string of the molecule is CO[n+]1cnc2c(ncn2[C@@H]2O[C@@H]3COP(=O)(O)O[C@H]3[C@H]2O)c1N. The van der Waals surface area contributed by atoms with Crippen LogP contribution < -0.4 is 15.3 Å². The van der Waals surface area contributed by atoms with Gasteiger partial charge in [0.15, 0.2) is 6.23 Å². The second-order valence-corrected chi connectivity index (χ2v) is 6.76. The minimum atomic E-state index is -4.18. The zero-order valence-electron chi connectivity index (χ0n) is 12.4. The number of aliphatic hydroxyl groups is 1. The Morgan fingerprint density at radius 1 is 1.54 bits per heavy atom. The Labute approximate surface area is 134 Å². The smallest absolute Gasteiger partial charge is 0.386 e. The number of anilines is 1. The molecule has 24 heavy (non-hydrogen) atoms. The van der Waals surface area contributed by atoms with E-state index in [-0.39, 0.29) is 12.4 Å². The van der Waals surface area contributed by atoms with E-state index in [9.17, 15) is 14.6 Å². The molecule has 2 aromatic rings. The largest absolute Gasteiger partial charge is 0.472 e. The predicted octanol–water partition coefficient (Wildman–Crippen LogP) is -1.87. The standard InChI is InChI=1S/C11H14N5O7P/c1-20-16-4-14-10-6(9(16)12)13-3-15(10)11-7(17)8-5(22-11)2-21-24(18,19)23-8/h3-5,7-8,11-12,17H,2H2,1H3,(H,18,19)/p+1/t5-,7-,8-,11-/m1/s1. The first kappa shape index (κ1) is 15.7. The number of nitrogens with zero attached hydrogens (tertiary/aromatic N) is 4. The van der Waals surface area contributed by atoms with Gasteiger partial charge in [0.05, 0.1) is 6.61 Å². The van der Waals surface area contributed by atoms with E-state index in [1.54, 1.807) is 0 Å². The molecule has 2 fully saturated rings. The van der Waals surface area contributed by atoms with E-state index in [2.05, 4.69) is 9.97 Å². The highest BCUT2D eigenvalue weighted by Gasteiger charge is 2.52. The van der Waals surface area contributed by atoms with Crippen molar-refractivity contribution in [1.82, 2.24) is 14.5 Å². The molecule has 1 unspecified atom stereocenters. The Bertz CT molecular complexity index is 844. The summed E-state index contributed by atoms with van der Waals surface area (Å²) in [5, 5.41) is 10.4. The molecule has 0 aliphatic carbocycles. The molecule has 12 nitrogen and oxygen atoms in total. The maximum Gasteiger partial charge on any atom is 0.472 e. The summed E-state index contributed by atoms with van der Waals surface area (Å²) in [5.74, 6) is 0.227. The van der Waals surface area contributed by atoms with E-state index in [0.29, 0.717) is 11.2 Å². The van der Waals surface area contributed by atoms with E-state index < -0.39 is 32.4 Å². The second kappa shape index (κ2) is 5.34.